The van der Waals surface area contributed by atoms with Gasteiger partial charge in [-0.1, -0.05) is 63.6 Å². The number of methoxy groups -OCH3 is 6. The number of hydrogen-bond donors (Lipinski definition) is 1. The maximum Gasteiger partial charge on any atom is 1.00 e. The zero-order chi connectivity index (χ0) is 60.1. The van der Waals surface area contributed by atoms with E-state index in [0.29, 0.717) is 35.8 Å². The number of aliphatic hydroxyl groups is 1. The van der Waals surface area contributed by atoms with Gasteiger partial charge in [-0.15, -0.1) is 0 Å². The minimum absolute atomic E-state index is 0. The average molecular weight is 1210 g/mol. The zero-order valence-corrected chi connectivity index (χ0v) is 56.2. The summed E-state index contributed by atoms with van der Waals surface area (Å²) in [5.41, 5.74) is 0.745. The maximum atomic E-state index is 13.4. The Bertz CT molecular complexity index is 2310. The van der Waals surface area contributed by atoms with Crippen molar-refractivity contribution in [1.29, 1.82) is 0 Å². The summed E-state index contributed by atoms with van der Waals surface area (Å²) in [6.45, 7) is 25.8. The smallest absolute Gasteiger partial charge is 0.870 e. The van der Waals surface area contributed by atoms with E-state index < -0.39 is 81.7 Å². The van der Waals surface area contributed by atoms with Crippen molar-refractivity contribution in [2.45, 2.75) is 148 Å². The molecule has 0 aromatic heterocycles. The molecule has 2 heterocycles. The first-order valence-electron chi connectivity index (χ1n) is 26.5. The number of ether oxygens (including phenoxy) is 17. The van der Waals surface area contributed by atoms with Crippen LogP contribution in [-0.4, -0.2) is 189 Å². The molecule has 0 amide bonds. The van der Waals surface area contributed by atoms with E-state index in [4.69, 9.17) is 80.5 Å². The quantitative estimate of drug-likeness (QED) is 0.0405. The van der Waals surface area contributed by atoms with Crippen molar-refractivity contribution < 1.29 is 135 Å². The minimum Gasteiger partial charge on any atom is -0.870 e. The van der Waals surface area contributed by atoms with Gasteiger partial charge in [-0.05, 0) is 83.8 Å². The summed E-state index contributed by atoms with van der Waals surface area (Å²) in [6.07, 6.45) is 2.97. The van der Waals surface area contributed by atoms with E-state index in [1.54, 1.807) is 97.0 Å². The van der Waals surface area contributed by atoms with Crippen LogP contribution in [0.15, 0.2) is 36.4 Å². The van der Waals surface area contributed by atoms with E-state index in [2.05, 4.69) is 39.3 Å². The summed E-state index contributed by atoms with van der Waals surface area (Å²) in [7, 11) is 6.21. The van der Waals surface area contributed by atoms with Gasteiger partial charge in [0.1, 0.15) is 90.9 Å². The van der Waals surface area contributed by atoms with Crippen LogP contribution < -0.4 is 48.5 Å². The third kappa shape index (κ3) is 26.0. The predicted octanol–water partition coefficient (Wildman–Crippen LogP) is 5.80. The molecule has 22 nitrogen and oxygen atoms in total. The van der Waals surface area contributed by atoms with Crippen molar-refractivity contribution in [3.05, 3.63) is 58.7 Å². The molecular formula is C57H93NaO22Si2. The van der Waals surface area contributed by atoms with E-state index in [9.17, 15) is 19.5 Å². The Hall–Kier alpha value is -3.52. The molecule has 2 fully saturated rings. The number of esters is 3. The van der Waals surface area contributed by atoms with Crippen molar-refractivity contribution in [2.75, 3.05) is 96.3 Å². The molecular weight excluding hydrogens is 1120 g/mol. The molecule has 0 spiro atoms. The number of rotatable bonds is 31. The first-order valence-corrected chi connectivity index (χ1v) is 34.0. The molecule has 2 N–H and O–H groups in total. The molecule has 2 aromatic rings. The molecule has 6 atom stereocenters. The summed E-state index contributed by atoms with van der Waals surface area (Å²) in [5.74, 6) is -1.81. The molecule has 462 valence electrons. The monoisotopic (exact) mass is 1210 g/mol. The summed E-state index contributed by atoms with van der Waals surface area (Å²) >= 11 is 0. The molecule has 0 radical (unpaired) electrons. The second-order valence-electron chi connectivity index (χ2n) is 23.3. The molecule has 2 aliphatic heterocycles. The van der Waals surface area contributed by atoms with Gasteiger partial charge in [0.15, 0.2) is 25.2 Å². The Morgan fingerprint density at radius 1 is 0.598 bits per heavy atom. The van der Waals surface area contributed by atoms with Gasteiger partial charge in [0, 0.05) is 56.7 Å². The largest absolute Gasteiger partial charge is 1.00 e. The van der Waals surface area contributed by atoms with Crippen LogP contribution in [0.3, 0.4) is 0 Å². The van der Waals surface area contributed by atoms with Crippen LogP contribution in [-0.2, 0) is 66.4 Å². The first-order chi connectivity index (χ1) is 37.4. The molecule has 0 aliphatic carbocycles. The number of hydrogen-bond acceptors (Lipinski definition) is 22. The van der Waals surface area contributed by atoms with Gasteiger partial charge in [-0.2, -0.15) is 0 Å². The Morgan fingerprint density at radius 2 is 0.976 bits per heavy atom. The van der Waals surface area contributed by atoms with Gasteiger partial charge in [0.2, 0.25) is 0 Å². The molecule has 2 unspecified atom stereocenters. The van der Waals surface area contributed by atoms with Gasteiger partial charge in [0.05, 0.1) is 39.5 Å². The van der Waals surface area contributed by atoms with E-state index in [0.717, 1.165) is 12.1 Å². The maximum absolute atomic E-state index is 13.4. The molecule has 2 aliphatic rings. The Labute approximate surface area is 509 Å². The second-order valence-corrected chi connectivity index (χ2v) is 34.5. The molecule has 82 heavy (non-hydrogen) atoms. The topological polar surface area (TPSA) is 258 Å². The summed E-state index contributed by atoms with van der Waals surface area (Å²) in [6, 6.07) is 8.29. The fraction of sp³-hybridized carbons (Fsp3) is 0.667. The number of benzene rings is 2. The van der Waals surface area contributed by atoms with Crippen LogP contribution in [0.2, 0.25) is 51.4 Å². The Morgan fingerprint density at radius 3 is 1.32 bits per heavy atom. The van der Waals surface area contributed by atoms with Gasteiger partial charge in [-0.3, -0.25) is 4.79 Å². The minimum atomic E-state index is -1.44. The van der Waals surface area contributed by atoms with Crippen LogP contribution in [0.5, 0.6) is 23.0 Å². The fourth-order valence-electron chi connectivity index (χ4n) is 7.81. The van der Waals surface area contributed by atoms with E-state index in [-0.39, 0.29) is 104 Å². The Balaban J connectivity index is 0.000000809. The van der Waals surface area contributed by atoms with Gasteiger partial charge in [-0.25, -0.2) is 9.59 Å². The summed E-state index contributed by atoms with van der Waals surface area (Å²) in [5, 5.41) is 9.85. The number of carbonyl (C=O) groups excluding carboxylic acids is 3. The van der Waals surface area contributed by atoms with Crippen LogP contribution >= 0.6 is 0 Å². The number of carbonyl (C=O) groups is 3. The SMILES string of the molecule is COCOc1cc(OC)cc(/C=C/C(OCOC)[C@@H]2OC(C)(C)O[C@@H]2CO)c1C(=O)OCC[Si](C)(C)C.COCOc1cc(OC)cc(/C=C/C(OCOC)[C@@H]2OC(C)(C)O[C@@H]2COC(=O)C(C)(C)C)c1C(=O)OCC[Si](C)(C)C.[Na+].[OH-]. The van der Waals surface area contributed by atoms with Crippen LogP contribution in [0.4, 0.5) is 0 Å². The van der Waals surface area contributed by atoms with Gasteiger partial charge in [0.25, 0.3) is 0 Å². The van der Waals surface area contributed by atoms with Crippen LogP contribution in [0.25, 0.3) is 12.2 Å². The third-order valence-electron chi connectivity index (χ3n) is 11.9. The molecule has 2 saturated heterocycles. The normalized spacial score (nSPS) is 19.3. The Kier molecular flexibility index (Phi) is 33.4. The molecule has 0 bridgehead atoms. The van der Waals surface area contributed by atoms with Crippen molar-refractivity contribution in [3.8, 4) is 23.0 Å². The van der Waals surface area contributed by atoms with Crippen molar-refractivity contribution >= 4 is 46.2 Å². The summed E-state index contributed by atoms with van der Waals surface area (Å²) in [4.78, 5) is 39.2. The standard InChI is InChI=1S/C31H50O11Si.C26H42O10Si.Na.H2O/c1-30(2,3)29(33)38-18-25-27(42-31(4,5)41-25)23(39-19-34-6)13-12-21-16-22(36-8)17-24(40-20-35-7)26(21)28(32)37-14-15-43(9,10)11;1-26(2)35-22(15-27)24(36-26)20(33-16-29-3)10-9-18-13-19(31-5)14-21(34-17-30-4)23(18)25(28)32-11-12-37(6,7)8;;/h12-13,16-17,23,25,27H,14-15,18-20H2,1-11H3;9-10,13-14,20,22,24,27H,11-12,15-17H2,1-8H3;;1H2/q;;+1;/p-1/b13-12+;10-9+;;/t23?,25-,27+;20?,22-,24+;;/m11../s1. The summed E-state index contributed by atoms with van der Waals surface area (Å²) < 4.78 is 95.7. The molecule has 0 saturated carbocycles. The zero-order valence-electron chi connectivity index (χ0n) is 52.2. The third-order valence-corrected chi connectivity index (χ3v) is 15.3. The van der Waals surface area contributed by atoms with E-state index >= 15 is 0 Å². The molecule has 2 aromatic carbocycles. The molecule has 4 rings (SSSR count). The predicted molar refractivity (Wildman–Crippen MR) is 307 cm³/mol. The van der Waals surface area contributed by atoms with Gasteiger partial charge >= 0.3 is 47.5 Å². The van der Waals surface area contributed by atoms with Crippen molar-refractivity contribution in [1.82, 2.24) is 0 Å². The number of aliphatic hydroxyl groups excluding tert-OH is 1. The van der Waals surface area contributed by atoms with Crippen LogP contribution in [0, 0.1) is 5.41 Å². The fourth-order valence-corrected chi connectivity index (χ4v) is 9.24. The molecule has 25 heteroatoms. The van der Waals surface area contributed by atoms with Crippen LogP contribution in [0.1, 0.15) is 80.3 Å². The second kappa shape index (κ2) is 35.8. The van der Waals surface area contributed by atoms with E-state index in [1.165, 1.54) is 42.7 Å². The van der Waals surface area contributed by atoms with E-state index in [1.807, 2.05) is 0 Å². The average Bonchev–Trinajstić information content (AvgIpc) is 3.87. The van der Waals surface area contributed by atoms with Crippen molar-refractivity contribution in [3.63, 3.8) is 0 Å². The van der Waals surface area contributed by atoms with Gasteiger partial charge < -0.3 is 91.1 Å². The van der Waals surface area contributed by atoms with Crippen molar-refractivity contribution in [2.24, 2.45) is 5.41 Å². The first kappa shape index (κ1) is 76.5.